The number of aromatic nitrogens is 1. The van der Waals surface area contributed by atoms with Crippen LogP contribution in [0.2, 0.25) is 5.02 Å². The van der Waals surface area contributed by atoms with E-state index in [1.165, 1.54) is 0 Å². The molecule has 0 spiro atoms. The third-order valence-electron chi connectivity index (χ3n) is 5.59. The molecule has 0 N–H and O–H groups in total. The SMILES string of the molecule is CC[C@@H]1CN(CCC(=O)N2CCC[C@@H]2c2nccs2)Cc2ccc(Cl)cc2O1. The van der Waals surface area contributed by atoms with Gasteiger partial charge in [-0.2, -0.15) is 0 Å². The summed E-state index contributed by atoms with van der Waals surface area (Å²) in [7, 11) is 0. The van der Waals surface area contributed by atoms with Gasteiger partial charge in [-0.1, -0.05) is 24.6 Å². The number of hydrogen-bond acceptors (Lipinski definition) is 5. The van der Waals surface area contributed by atoms with Crippen LogP contribution in [0.25, 0.3) is 0 Å². The lowest BCUT2D eigenvalue weighted by molar-refractivity contribution is -0.132. The summed E-state index contributed by atoms with van der Waals surface area (Å²) < 4.78 is 6.16. The lowest BCUT2D eigenvalue weighted by Gasteiger charge is -2.26. The van der Waals surface area contributed by atoms with E-state index in [1.807, 2.05) is 34.7 Å². The van der Waals surface area contributed by atoms with Crippen molar-refractivity contribution in [1.29, 1.82) is 0 Å². The number of ether oxygens (including phenoxy) is 1. The van der Waals surface area contributed by atoms with Crippen molar-refractivity contribution in [2.45, 2.75) is 51.3 Å². The molecule has 28 heavy (non-hydrogen) atoms. The highest BCUT2D eigenvalue weighted by Gasteiger charge is 2.32. The second-order valence-electron chi connectivity index (χ2n) is 7.50. The van der Waals surface area contributed by atoms with Gasteiger partial charge in [-0.3, -0.25) is 9.69 Å². The van der Waals surface area contributed by atoms with Crippen LogP contribution in [0.1, 0.15) is 49.2 Å². The molecule has 2 aliphatic heterocycles. The number of carbonyl (C=O) groups is 1. The van der Waals surface area contributed by atoms with E-state index in [-0.39, 0.29) is 18.1 Å². The maximum Gasteiger partial charge on any atom is 0.224 e. The van der Waals surface area contributed by atoms with Gasteiger partial charge in [-0.05, 0) is 31.4 Å². The van der Waals surface area contributed by atoms with Crippen LogP contribution in [0.4, 0.5) is 0 Å². The molecule has 0 unspecified atom stereocenters. The molecule has 1 saturated heterocycles. The molecule has 2 aromatic rings. The minimum atomic E-state index is 0.115. The number of fused-ring (bicyclic) bond motifs is 1. The molecular formula is C21H26ClN3O2S. The van der Waals surface area contributed by atoms with Crippen molar-refractivity contribution in [3.05, 3.63) is 45.4 Å². The third-order valence-corrected chi connectivity index (χ3v) is 6.70. The maximum absolute atomic E-state index is 12.9. The first-order valence-corrected chi connectivity index (χ1v) is 11.3. The van der Waals surface area contributed by atoms with Crippen LogP contribution in [0.5, 0.6) is 5.75 Å². The summed E-state index contributed by atoms with van der Waals surface area (Å²) in [4.78, 5) is 21.7. The summed E-state index contributed by atoms with van der Waals surface area (Å²) in [5.74, 6) is 1.10. The van der Waals surface area contributed by atoms with Crippen LogP contribution < -0.4 is 4.74 Å². The molecule has 1 fully saturated rings. The average Bonchev–Trinajstić information content (AvgIpc) is 3.35. The summed E-state index contributed by atoms with van der Waals surface area (Å²) in [6.07, 6.45) is 5.47. The van der Waals surface area contributed by atoms with E-state index in [2.05, 4.69) is 16.8 Å². The largest absolute Gasteiger partial charge is 0.489 e. The van der Waals surface area contributed by atoms with Crippen molar-refractivity contribution in [3.8, 4) is 5.75 Å². The van der Waals surface area contributed by atoms with E-state index < -0.39 is 0 Å². The molecule has 0 aliphatic carbocycles. The average molecular weight is 420 g/mol. The number of rotatable bonds is 5. The minimum absolute atomic E-state index is 0.115. The number of likely N-dealkylation sites (tertiary alicyclic amines) is 1. The van der Waals surface area contributed by atoms with Crippen molar-refractivity contribution in [1.82, 2.24) is 14.8 Å². The third kappa shape index (κ3) is 4.34. The van der Waals surface area contributed by atoms with E-state index in [0.29, 0.717) is 11.4 Å². The summed E-state index contributed by atoms with van der Waals surface area (Å²) in [6, 6.07) is 5.99. The predicted octanol–water partition coefficient (Wildman–Crippen LogP) is 4.52. The molecule has 1 aromatic carbocycles. The van der Waals surface area contributed by atoms with Gasteiger partial charge in [0.2, 0.25) is 5.91 Å². The van der Waals surface area contributed by atoms with Crippen molar-refractivity contribution in [3.63, 3.8) is 0 Å². The number of nitrogens with zero attached hydrogens (tertiary/aromatic N) is 3. The quantitative estimate of drug-likeness (QED) is 0.714. The van der Waals surface area contributed by atoms with Crippen LogP contribution in [0.3, 0.4) is 0 Å². The Balaban J connectivity index is 1.41. The van der Waals surface area contributed by atoms with Crippen LogP contribution in [-0.4, -0.2) is 46.4 Å². The van der Waals surface area contributed by atoms with Gasteiger partial charge in [-0.25, -0.2) is 4.98 Å². The Labute approximate surface area is 175 Å². The molecule has 0 radical (unpaired) electrons. The lowest BCUT2D eigenvalue weighted by Crippen LogP contribution is -2.37. The number of halogens is 1. The van der Waals surface area contributed by atoms with Gasteiger partial charge in [0.1, 0.15) is 16.9 Å². The molecular weight excluding hydrogens is 394 g/mol. The van der Waals surface area contributed by atoms with Crippen LogP contribution in [-0.2, 0) is 11.3 Å². The molecule has 4 rings (SSSR count). The summed E-state index contributed by atoms with van der Waals surface area (Å²) in [5, 5.41) is 3.74. The second-order valence-corrected chi connectivity index (χ2v) is 8.86. The zero-order valence-electron chi connectivity index (χ0n) is 16.1. The Bertz CT molecular complexity index is 814. The molecule has 1 amide bonds. The molecule has 5 nitrogen and oxygen atoms in total. The van der Waals surface area contributed by atoms with Crippen molar-refractivity contribution in [2.75, 3.05) is 19.6 Å². The monoisotopic (exact) mass is 419 g/mol. The van der Waals surface area contributed by atoms with E-state index in [4.69, 9.17) is 16.3 Å². The minimum Gasteiger partial charge on any atom is -0.489 e. The topological polar surface area (TPSA) is 45.7 Å². The van der Waals surface area contributed by atoms with Crippen LogP contribution in [0.15, 0.2) is 29.8 Å². The Morgan fingerprint density at radius 1 is 1.43 bits per heavy atom. The fraction of sp³-hybridized carbons (Fsp3) is 0.524. The molecule has 0 saturated carbocycles. The maximum atomic E-state index is 12.9. The summed E-state index contributed by atoms with van der Waals surface area (Å²) in [5.41, 5.74) is 1.13. The number of amides is 1. The van der Waals surface area contributed by atoms with Gasteiger partial charge in [-0.15, -0.1) is 11.3 Å². The van der Waals surface area contributed by atoms with Crippen LogP contribution >= 0.6 is 22.9 Å². The van der Waals surface area contributed by atoms with E-state index in [1.54, 1.807) is 11.3 Å². The molecule has 3 heterocycles. The van der Waals surface area contributed by atoms with Gasteiger partial charge in [0.25, 0.3) is 0 Å². The Morgan fingerprint density at radius 2 is 2.32 bits per heavy atom. The van der Waals surface area contributed by atoms with Crippen molar-refractivity contribution >= 4 is 28.8 Å². The van der Waals surface area contributed by atoms with Gasteiger partial charge in [0.05, 0.1) is 6.04 Å². The summed E-state index contributed by atoms with van der Waals surface area (Å²) in [6.45, 7) is 5.32. The van der Waals surface area contributed by atoms with E-state index in [0.717, 1.165) is 61.8 Å². The standard InChI is InChI=1S/C21H26ClN3O2S/c1-2-17-14-24(13-15-5-6-16(22)12-19(15)27-17)10-7-20(26)25-9-3-4-18(25)21-23-8-11-28-21/h5-6,8,11-12,17-18H,2-4,7,9-10,13-14H2,1H3/t17-,18-/m1/s1. The normalized spacial score (nSPS) is 22.6. The van der Waals surface area contributed by atoms with Crippen molar-refractivity contribution < 1.29 is 9.53 Å². The highest BCUT2D eigenvalue weighted by Crippen LogP contribution is 2.34. The van der Waals surface area contributed by atoms with Gasteiger partial charge in [0.15, 0.2) is 0 Å². The van der Waals surface area contributed by atoms with Crippen LogP contribution in [0, 0.1) is 0 Å². The van der Waals surface area contributed by atoms with E-state index in [9.17, 15) is 4.79 Å². The zero-order chi connectivity index (χ0) is 19.5. The van der Waals surface area contributed by atoms with E-state index >= 15 is 0 Å². The molecule has 150 valence electrons. The Kier molecular flexibility index (Phi) is 6.19. The van der Waals surface area contributed by atoms with Gasteiger partial charge < -0.3 is 9.64 Å². The smallest absolute Gasteiger partial charge is 0.224 e. The molecule has 2 aliphatic rings. The highest BCUT2D eigenvalue weighted by atomic mass is 35.5. The fourth-order valence-corrected chi connectivity index (χ4v) is 5.03. The zero-order valence-corrected chi connectivity index (χ0v) is 17.7. The first kappa shape index (κ1) is 19.7. The Morgan fingerprint density at radius 3 is 3.11 bits per heavy atom. The number of benzene rings is 1. The van der Waals surface area contributed by atoms with Crippen molar-refractivity contribution in [2.24, 2.45) is 0 Å². The van der Waals surface area contributed by atoms with Gasteiger partial charge in [0, 0.05) is 54.8 Å². The molecule has 1 aromatic heterocycles. The first-order valence-electron chi connectivity index (χ1n) is 10.0. The fourth-order valence-electron chi connectivity index (χ4n) is 4.08. The molecule has 2 atom stereocenters. The number of hydrogen-bond donors (Lipinski definition) is 0. The Hall–Kier alpha value is -1.63. The second kappa shape index (κ2) is 8.80. The summed E-state index contributed by atoms with van der Waals surface area (Å²) >= 11 is 7.78. The number of thiazole rings is 1. The highest BCUT2D eigenvalue weighted by molar-refractivity contribution is 7.09. The molecule has 0 bridgehead atoms. The lowest BCUT2D eigenvalue weighted by atomic mass is 10.2. The molecule has 7 heteroatoms. The first-order chi connectivity index (χ1) is 13.6. The predicted molar refractivity (Wildman–Crippen MR) is 112 cm³/mol. The van der Waals surface area contributed by atoms with Gasteiger partial charge >= 0.3 is 0 Å². The number of carbonyl (C=O) groups excluding carboxylic acids is 1.